The first-order chi connectivity index (χ1) is 14.8. The average molecular weight is 427 g/mol. The number of aromatic nitrogens is 3. The fourth-order valence-electron chi connectivity index (χ4n) is 3.59. The number of benzene rings is 1. The molecule has 0 fully saturated rings. The van der Waals surface area contributed by atoms with Crippen molar-refractivity contribution in [3.8, 4) is 0 Å². The van der Waals surface area contributed by atoms with Crippen LogP contribution in [0, 0.1) is 13.8 Å². The molecule has 2 aromatic heterocycles. The molecular formula is C23H30N4O4. The molecule has 1 aromatic carbocycles. The van der Waals surface area contributed by atoms with Gasteiger partial charge in [-0.15, -0.1) is 0 Å². The Balaban J connectivity index is 1.87. The standard InChI is InChI=1S/C23H30N4O4/c1-6-30-13-9-12-27-18-11-8-7-10-17(18)25-23(27)26-21(28)20-15(4)19(16(5)24-20)22(29)31-14(2)3/h7-8,10-11,14,24H,6,9,12-13H2,1-5H3,(H,25,26,28). The molecule has 8 heteroatoms. The fourth-order valence-corrected chi connectivity index (χ4v) is 3.59. The summed E-state index contributed by atoms with van der Waals surface area (Å²) in [4.78, 5) is 33.1. The number of ether oxygens (including phenoxy) is 2. The number of H-pyrrole nitrogens is 1. The molecule has 8 nitrogen and oxygen atoms in total. The number of hydrogen-bond donors (Lipinski definition) is 2. The Hall–Kier alpha value is -3.13. The van der Waals surface area contributed by atoms with E-state index in [9.17, 15) is 9.59 Å². The number of para-hydroxylation sites is 2. The van der Waals surface area contributed by atoms with Crippen molar-refractivity contribution >= 4 is 28.9 Å². The number of nitrogens with one attached hydrogen (secondary N) is 2. The summed E-state index contributed by atoms with van der Waals surface area (Å²) < 4.78 is 12.7. The highest BCUT2D eigenvalue weighted by atomic mass is 16.5. The van der Waals surface area contributed by atoms with Crippen LogP contribution in [0.2, 0.25) is 0 Å². The molecule has 0 aliphatic rings. The molecule has 3 aromatic rings. The Morgan fingerprint density at radius 3 is 2.68 bits per heavy atom. The highest BCUT2D eigenvalue weighted by molar-refractivity contribution is 6.06. The van der Waals surface area contributed by atoms with Crippen LogP contribution in [0.1, 0.15) is 59.3 Å². The van der Waals surface area contributed by atoms with Gasteiger partial charge in [-0.1, -0.05) is 12.1 Å². The van der Waals surface area contributed by atoms with E-state index in [0.717, 1.165) is 17.5 Å². The van der Waals surface area contributed by atoms with E-state index in [0.29, 0.717) is 48.2 Å². The quantitative estimate of drug-likeness (QED) is 0.394. The van der Waals surface area contributed by atoms with Gasteiger partial charge in [0.1, 0.15) is 5.69 Å². The Morgan fingerprint density at radius 2 is 1.97 bits per heavy atom. The molecule has 3 rings (SSSR count). The average Bonchev–Trinajstić information content (AvgIpc) is 3.21. The summed E-state index contributed by atoms with van der Waals surface area (Å²) in [6.45, 7) is 11.0. The normalized spacial score (nSPS) is 11.3. The van der Waals surface area contributed by atoms with Crippen LogP contribution in [0.15, 0.2) is 24.3 Å². The SMILES string of the molecule is CCOCCCn1c(NC(=O)c2[nH]c(C)c(C(=O)OC(C)C)c2C)nc2ccccc21. The summed E-state index contributed by atoms with van der Waals surface area (Å²) >= 11 is 0. The van der Waals surface area contributed by atoms with Gasteiger partial charge in [-0.05, 0) is 58.7 Å². The molecule has 0 aliphatic carbocycles. The minimum absolute atomic E-state index is 0.241. The van der Waals surface area contributed by atoms with Crippen molar-refractivity contribution in [2.45, 2.75) is 53.7 Å². The molecule has 0 radical (unpaired) electrons. The van der Waals surface area contributed by atoms with Crippen molar-refractivity contribution in [3.63, 3.8) is 0 Å². The summed E-state index contributed by atoms with van der Waals surface area (Å²) in [6.07, 6.45) is 0.554. The number of hydrogen-bond acceptors (Lipinski definition) is 5. The highest BCUT2D eigenvalue weighted by Crippen LogP contribution is 2.23. The molecule has 0 bridgehead atoms. The Morgan fingerprint density at radius 1 is 1.23 bits per heavy atom. The van der Waals surface area contributed by atoms with Crippen molar-refractivity contribution in [3.05, 3.63) is 46.8 Å². The lowest BCUT2D eigenvalue weighted by Crippen LogP contribution is -2.18. The van der Waals surface area contributed by atoms with E-state index in [1.165, 1.54) is 0 Å². The van der Waals surface area contributed by atoms with E-state index in [4.69, 9.17) is 9.47 Å². The van der Waals surface area contributed by atoms with Gasteiger partial charge in [0.05, 0.1) is 22.7 Å². The molecule has 2 heterocycles. The van der Waals surface area contributed by atoms with E-state index < -0.39 is 5.97 Å². The van der Waals surface area contributed by atoms with Crippen molar-refractivity contribution < 1.29 is 19.1 Å². The largest absolute Gasteiger partial charge is 0.459 e. The van der Waals surface area contributed by atoms with Crippen LogP contribution in [0.3, 0.4) is 0 Å². The van der Waals surface area contributed by atoms with Gasteiger partial charge in [-0.2, -0.15) is 0 Å². The van der Waals surface area contributed by atoms with E-state index >= 15 is 0 Å². The number of carbonyl (C=O) groups excluding carboxylic acids is 2. The van der Waals surface area contributed by atoms with Crippen LogP contribution >= 0.6 is 0 Å². The minimum Gasteiger partial charge on any atom is -0.459 e. The second-order valence-corrected chi connectivity index (χ2v) is 7.66. The monoisotopic (exact) mass is 426 g/mol. The summed E-state index contributed by atoms with van der Waals surface area (Å²) in [5, 5.41) is 2.91. The zero-order valence-corrected chi connectivity index (χ0v) is 18.7. The number of aryl methyl sites for hydroxylation is 2. The first-order valence-electron chi connectivity index (χ1n) is 10.6. The van der Waals surface area contributed by atoms with E-state index in [1.54, 1.807) is 27.7 Å². The van der Waals surface area contributed by atoms with Gasteiger partial charge in [0.2, 0.25) is 5.95 Å². The Labute approximate surface area is 181 Å². The Bertz CT molecular complexity index is 1080. The maximum absolute atomic E-state index is 13.1. The zero-order valence-electron chi connectivity index (χ0n) is 18.7. The number of fused-ring (bicyclic) bond motifs is 1. The summed E-state index contributed by atoms with van der Waals surface area (Å²) in [5.41, 5.74) is 3.60. The number of nitrogens with zero attached hydrogens (tertiary/aromatic N) is 2. The van der Waals surface area contributed by atoms with Crippen molar-refractivity contribution in [1.82, 2.24) is 14.5 Å². The molecular weight excluding hydrogens is 396 g/mol. The predicted octanol–water partition coefficient (Wildman–Crippen LogP) is 4.23. The lowest BCUT2D eigenvalue weighted by atomic mass is 10.1. The smallest absolute Gasteiger partial charge is 0.340 e. The van der Waals surface area contributed by atoms with Gasteiger partial charge in [0.25, 0.3) is 5.91 Å². The first-order valence-corrected chi connectivity index (χ1v) is 10.6. The molecule has 0 aliphatic heterocycles. The third-order valence-corrected chi connectivity index (χ3v) is 4.97. The van der Waals surface area contributed by atoms with Crippen LogP contribution in [0.5, 0.6) is 0 Å². The van der Waals surface area contributed by atoms with Crippen molar-refractivity contribution in [2.24, 2.45) is 0 Å². The van der Waals surface area contributed by atoms with E-state index in [-0.39, 0.29) is 12.0 Å². The number of esters is 1. The van der Waals surface area contributed by atoms with Crippen LogP contribution < -0.4 is 5.32 Å². The van der Waals surface area contributed by atoms with Gasteiger partial charge in [-0.3, -0.25) is 10.1 Å². The number of rotatable bonds is 9. The molecule has 1 amide bonds. The number of imidazole rings is 1. The number of carbonyl (C=O) groups is 2. The fraction of sp³-hybridized carbons (Fsp3) is 0.435. The Kier molecular flexibility index (Phi) is 7.12. The van der Waals surface area contributed by atoms with Crippen LogP contribution in [0.25, 0.3) is 11.0 Å². The van der Waals surface area contributed by atoms with Gasteiger partial charge in [0.15, 0.2) is 0 Å². The summed E-state index contributed by atoms with van der Waals surface area (Å²) in [7, 11) is 0. The second kappa shape index (κ2) is 9.78. The van der Waals surface area contributed by atoms with Gasteiger partial charge in [0, 0.05) is 25.5 Å². The van der Waals surface area contributed by atoms with Gasteiger partial charge < -0.3 is 19.0 Å². The second-order valence-electron chi connectivity index (χ2n) is 7.66. The van der Waals surface area contributed by atoms with Crippen LogP contribution in [-0.4, -0.2) is 45.7 Å². The number of anilines is 1. The van der Waals surface area contributed by atoms with Crippen molar-refractivity contribution in [1.29, 1.82) is 0 Å². The van der Waals surface area contributed by atoms with E-state index in [2.05, 4.69) is 15.3 Å². The third-order valence-electron chi connectivity index (χ3n) is 4.97. The predicted molar refractivity (Wildman–Crippen MR) is 120 cm³/mol. The maximum Gasteiger partial charge on any atom is 0.340 e. The molecule has 0 unspecified atom stereocenters. The molecule has 31 heavy (non-hydrogen) atoms. The first kappa shape index (κ1) is 22.6. The van der Waals surface area contributed by atoms with Crippen molar-refractivity contribution in [2.75, 3.05) is 18.5 Å². The molecule has 0 saturated heterocycles. The topological polar surface area (TPSA) is 98.2 Å². The third kappa shape index (κ3) is 4.96. The molecule has 0 atom stereocenters. The number of aromatic amines is 1. The molecule has 0 spiro atoms. The van der Waals surface area contributed by atoms with Crippen LogP contribution in [0.4, 0.5) is 5.95 Å². The summed E-state index contributed by atoms with van der Waals surface area (Å²) in [6, 6.07) is 7.74. The zero-order chi connectivity index (χ0) is 22.5. The molecule has 0 saturated carbocycles. The van der Waals surface area contributed by atoms with Crippen LogP contribution in [-0.2, 0) is 16.0 Å². The summed E-state index contributed by atoms with van der Waals surface area (Å²) in [5.74, 6) is -0.338. The minimum atomic E-state index is -0.441. The number of amides is 1. The lowest BCUT2D eigenvalue weighted by molar-refractivity contribution is 0.0376. The van der Waals surface area contributed by atoms with E-state index in [1.807, 2.05) is 35.8 Å². The van der Waals surface area contributed by atoms with Gasteiger partial charge >= 0.3 is 5.97 Å². The molecule has 166 valence electrons. The van der Waals surface area contributed by atoms with Gasteiger partial charge in [-0.25, -0.2) is 9.78 Å². The lowest BCUT2D eigenvalue weighted by Gasteiger charge is -2.10. The highest BCUT2D eigenvalue weighted by Gasteiger charge is 2.24. The maximum atomic E-state index is 13.1. The molecule has 2 N–H and O–H groups in total.